The molecule has 0 amide bonds. The zero-order valence-electron chi connectivity index (χ0n) is 11.4. The van der Waals surface area contributed by atoms with Crippen LogP contribution in [0, 0.1) is 11.3 Å². The summed E-state index contributed by atoms with van der Waals surface area (Å²) < 4.78 is 6.15. The van der Waals surface area contributed by atoms with Crippen molar-refractivity contribution >= 4 is 10.8 Å². The van der Waals surface area contributed by atoms with Gasteiger partial charge in [-0.15, -0.1) is 0 Å². The average molecular weight is 266 g/mol. The van der Waals surface area contributed by atoms with Gasteiger partial charge in [0.1, 0.15) is 11.9 Å². The van der Waals surface area contributed by atoms with E-state index in [-0.39, 0.29) is 12.1 Å². The van der Waals surface area contributed by atoms with E-state index in [0.717, 1.165) is 29.4 Å². The molecule has 1 aliphatic carbocycles. The highest BCUT2D eigenvalue weighted by atomic mass is 16.5. The molecule has 0 aliphatic heterocycles. The maximum absolute atomic E-state index is 9.18. The molecule has 1 aliphatic rings. The summed E-state index contributed by atoms with van der Waals surface area (Å²) in [5.74, 6) is 0.835. The summed E-state index contributed by atoms with van der Waals surface area (Å²) in [6.45, 7) is 0. The summed E-state index contributed by atoms with van der Waals surface area (Å²) in [5.41, 5.74) is 6.83. The van der Waals surface area contributed by atoms with Gasteiger partial charge in [0.05, 0.1) is 11.6 Å². The first-order chi connectivity index (χ1) is 9.79. The molecule has 2 unspecified atom stereocenters. The third kappa shape index (κ3) is 2.35. The van der Waals surface area contributed by atoms with Crippen molar-refractivity contribution in [3.05, 3.63) is 42.0 Å². The number of benzene rings is 2. The Bertz CT molecular complexity index is 660. The van der Waals surface area contributed by atoms with Crippen LogP contribution in [0.15, 0.2) is 36.4 Å². The monoisotopic (exact) mass is 266 g/mol. The number of nitrogens with zero attached hydrogens (tertiary/aromatic N) is 1. The Hall–Kier alpha value is -2.05. The second kappa shape index (κ2) is 5.52. The molecule has 2 aromatic carbocycles. The van der Waals surface area contributed by atoms with Crippen molar-refractivity contribution in [2.45, 2.75) is 37.8 Å². The lowest BCUT2D eigenvalue weighted by Crippen LogP contribution is -2.41. The molecule has 2 N–H and O–H groups in total. The average Bonchev–Trinajstić information content (AvgIpc) is 2.50. The second-order valence-corrected chi connectivity index (χ2v) is 5.37. The summed E-state index contributed by atoms with van der Waals surface area (Å²) in [4.78, 5) is 0. The van der Waals surface area contributed by atoms with Gasteiger partial charge in [-0.1, -0.05) is 30.7 Å². The molecule has 3 rings (SSSR count). The number of hydrogen-bond donors (Lipinski definition) is 1. The predicted octanol–water partition coefficient (Wildman–Crippen LogP) is 3.36. The van der Waals surface area contributed by atoms with Crippen molar-refractivity contribution in [1.29, 1.82) is 5.26 Å². The molecule has 3 heteroatoms. The highest BCUT2D eigenvalue weighted by Gasteiger charge is 2.24. The van der Waals surface area contributed by atoms with E-state index in [1.54, 1.807) is 0 Å². The largest absolute Gasteiger partial charge is 0.488 e. The number of nitriles is 1. The summed E-state index contributed by atoms with van der Waals surface area (Å²) in [6, 6.07) is 13.9. The number of ether oxygens (including phenoxy) is 1. The number of fused-ring (bicyclic) bond motifs is 1. The Balaban J connectivity index is 1.98. The molecule has 1 fully saturated rings. The van der Waals surface area contributed by atoms with Crippen LogP contribution >= 0.6 is 0 Å². The van der Waals surface area contributed by atoms with E-state index in [1.165, 1.54) is 12.8 Å². The van der Waals surface area contributed by atoms with Crippen LogP contribution in [-0.2, 0) is 0 Å². The van der Waals surface area contributed by atoms with Crippen molar-refractivity contribution in [2.24, 2.45) is 5.73 Å². The fraction of sp³-hybridized carbons (Fsp3) is 0.353. The second-order valence-electron chi connectivity index (χ2n) is 5.37. The van der Waals surface area contributed by atoms with Gasteiger partial charge in [-0.2, -0.15) is 5.26 Å². The predicted molar refractivity (Wildman–Crippen MR) is 79.5 cm³/mol. The van der Waals surface area contributed by atoms with Gasteiger partial charge in [0.15, 0.2) is 0 Å². The maximum Gasteiger partial charge on any atom is 0.127 e. The molecule has 3 nitrogen and oxygen atoms in total. The first-order valence-electron chi connectivity index (χ1n) is 7.13. The molecule has 0 radical (unpaired) electrons. The SMILES string of the molecule is N#Cc1ccc(OC2CCCCC2N)c2ccccc12. The van der Waals surface area contributed by atoms with Gasteiger partial charge in [-0.25, -0.2) is 0 Å². The Labute approximate surface area is 119 Å². The molecule has 0 spiro atoms. The van der Waals surface area contributed by atoms with E-state index in [9.17, 15) is 5.26 Å². The maximum atomic E-state index is 9.18. The van der Waals surface area contributed by atoms with Crippen LogP contribution < -0.4 is 10.5 Å². The third-order valence-corrected chi connectivity index (χ3v) is 4.04. The number of hydrogen-bond acceptors (Lipinski definition) is 3. The fourth-order valence-corrected chi connectivity index (χ4v) is 2.91. The normalized spacial score (nSPS) is 22.4. The molecule has 20 heavy (non-hydrogen) atoms. The Kier molecular flexibility index (Phi) is 3.58. The van der Waals surface area contributed by atoms with Gasteiger partial charge in [0.2, 0.25) is 0 Å². The molecule has 1 saturated carbocycles. The van der Waals surface area contributed by atoms with E-state index in [0.29, 0.717) is 5.56 Å². The molecular weight excluding hydrogens is 248 g/mol. The molecular formula is C17H18N2O. The molecule has 0 aromatic heterocycles. The van der Waals surface area contributed by atoms with E-state index in [2.05, 4.69) is 6.07 Å². The highest BCUT2D eigenvalue weighted by molar-refractivity contribution is 5.92. The van der Waals surface area contributed by atoms with Gasteiger partial charge >= 0.3 is 0 Å². The topological polar surface area (TPSA) is 59.0 Å². The highest BCUT2D eigenvalue weighted by Crippen LogP contribution is 2.31. The van der Waals surface area contributed by atoms with E-state index in [1.807, 2.05) is 36.4 Å². The molecule has 2 atom stereocenters. The minimum absolute atomic E-state index is 0.0834. The first-order valence-corrected chi connectivity index (χ1v) is 7.13. The third-order valence-electron chi connectivity index (χ3n) is 4.04. The number of rotatable bonds is 2. The van der Waals surface area contributed by atoms with Gasteiger partial charge in [0.25, 0.3) is 0 Å². The van der Waals surface area contributed by atoms with Gasteiger partial charge in [-0.05, 0) is 31.4 Å². The van der Waals surface area contributed by atoms with Crippen LogP contribution in [0.2, 0.25) is 0 Å². The van der Waals surface area contributed by atoms with Crippen molar-refractivity contribution in [2.75, 3.05) is 0 Å². The van der Waals surface area contributed by atoms with Crippen LogP contribution in [0.4, 0.5) is 0 Å². The zero-order valence-corrected chi connectivity index (χ0v) is 11.4. The number of nitrogens with two attached hydrogens (primary N) is 1. The minimum atomic E-state index is 0.0834. The summed E-state index contributed by atoms with van der Waals surface area (Å²) in [6.07, 6.45) is 4.48. The van der Waals surface area contributed by atoms with Crippen molar-refractivity contribution in [1.82, 2.24) is 0 Å². The van der Waals surface area contributed by atoms with E-state index in [4.69, 9.17) is 10.5 Å². The Morgan fingerprint density at radius 2 is 1.80 bits per heavy atom. The Morgan fingerprint density at radius 3 is 2.55 bits per heavy atom. The van der Waals surface area contributed by atoms with Gasteiger partial charge < -0.3 is 10.5 Å². The summed E-state index contributed by atoms with van der Waals surface area (Å²) in [7, 11) is 0. The summed E-state index contributed by atoms with van der Waals surface area (Å²) in [5, 5.41) is 11.1. The smallest absolute Gasteiger partial charge is 0.127 e. The van der Waals surface area contributed by atoms with Crippen molar-refractivity contribution in [3.63, 3.8) is 0 Å². The standard InChI is InChI=1S/C17H18N2O/c18-11-12-9-10-16(14-6-2-1-5-13(12)14)20-17-8-4-3-7-15(17)19/h1-2,5-6,9-10,15,17H,3-4,7-8,19H2. The first kappa shape index (κ1) is 13.0. The molecule has 2 aromatic rings. The van der Waals surface area contributed by atoms with Gasteiger partial charge in [0, 0.05) is 16.8 Å². The van der Waals surface area contributed by atoms with Gasteiger partial charge in [-0.3, -0.25) is 0 Å². The van der Waals surface area contributed by atoms with Crippen molar-refractivity contribution < 1.29 is 4.74 Å². The molecule has 0 heterocycles. The van der Waals surface area contributed by atoms with Crippen LogP contribution in [0.3, 0.4) is 0 Å². The van der Waals surface area contributed by atoms with E-state index >= 15 is 0 Å². The Morgan fingerprint density at radius 1 is 1.05 bits per heavy atom. The lowest BCUT2D eigenvalue weighted by Gasteiger charge is -2.29. The molecule has 102 valence electrons. The van der Waals surface area contributed by atoms with Crippen LogP contribution in [0.5, 0.6) is 5.75 Å². The van der Waals surface area contributed by atoms with Crippen LogP contribution in [0.1, 0.15) is 31.2 Å². The fourth-order valence-electron chi connectivity index (χ4n) is 2.91. The summed E-state index contributed by atoms with van der Waals surface area (Å²) >= 11 is 0. The molecule has 0 saturated heterocycles. The van der Waals surface area contributed by atoms with Crippen LogP contribution in [0.25, 0.3) is 10.8 Å². The lowest BCUT2D eigenvalue weighted by atomic mass is 9.93. The zero-order chi connectivity index (χ0) is 13.9. The van der Waals surface area contributed by atoms with E-state index < -0.39 is 0 Å². The van der Waals surface area contributed by atoms with Crippen molar-refractivity contribution in [3.8, 4) is 11.8 Å². The minimum Gasteiger partial charge on any atom is -0.488 e. The molecule has 0 bridgehead atoms. The lowest BCUT2D eigenvalue weighted by molar-refractivity contribution is 0.134. The quantitative estimate of drug-likeness (QED) is 0.906. The van der Waals surface area contributed by atoms with Crippen LogP contribution in [-0.4, -0.2) is 12.1 Å².